The number of amides is 2. The number of carbonyl (C=O) groups excluding carboxylic acids is 2. The number of carbonyl (C=O) groups is 2. The van der Waals surface area contributed by atoms with Crippen LogP contribution >= 0.6 is 22.7 Å². The molecule has 6 N–H and O–H groups in total. The topological polar surface area (TPSA) is 186 Å². The van der Waals surface area contributed by atoms with Crippen LogP contribution in [0.25, 0.3) is 44.1 Å². The molecule has 2 aliphatic heterocycles. The van der Waals surface area contributed by atoms with Crippen molar-refractivity contribution in [2.45, 2.75) is 48.0 Å². The highest BCUT2D eigenvalue weighted by molar-refractivity contribution is 7.92. The molecule has 0 aliphatic carbocycles. The lowest BCUT2D eigenvalue weighted by Crippen LogP contribution is -2.26. The van der Waals surface area contributed by atoms with Crippen LogP contribution in [-0.2, 0) is 19.7 Å². The third-order valence-corrected chi connectivity index (χ3v) is 18.1. The van der Waals surface area contributed by atoms with Gasteiger partial charge in [-0.3, -0.25) is 9.59 Å². The number of nitrogens with one attached hydrogen (secondary N) is 2. The molecule has 6 heterocycles. The van der Waals surface area contributed by atoms with Gasteiger partial charge in [0.1, 0.15) is 0 Å². The highest BCUT2D eigenvalue weighted by Crippen LogP contribution is 2.46. The number of fused-ring (bicyclic) bond motifs is 2. The Morgan fingerprint density at radius 3 is 1.31 bits per heavy atom. The highest BCUT2D eigenvalue weighted by Gasteiger charge is 2.38. The molecule has 14 heteroatoms. The molecule has 4 aromatic carbocycles. The number of benzene rings is 4. The maximum atomic E-state index is 12.8. The second-order valence-electron chi connectivity index (χ2n) is 16.1. The first kappa shape index (κ1) is 41.5. The van der Waals surface area contributed by atoms with Crippen LogP contribution in [0, 0.1) is 0 Å². The first-order chi connectivity index (χ1) is 29.9. The number of rotatable bonds is 8. The van der Waals surface area contributed by atoms with Gasteiger partial charge in [-0.15, -0.1) is 0 Å². The molecule has 62 heavy (non-hydrogen) atoms. The fraction of sp³-hybridized carbons (Fsp3) is 0.208. The van der Waals surface area contributed by atoms with E-state index >= 15 is 0 Å². The molecule has 2 saturated heterocycles. The summed E-state index contributed by atoms with van der Waals surface area (Å²) in [5.41, 5.74) is 21.4. The summed E-state index contributed by atoms with van der Waals surface area (Å²) in [5, 5.41) is 8.91. The van der Waals surface area contributed by atoms with Gasteiger partial charge in [0.15, 0.2) is 19.7 Å². The molecular weight excluding hydrogens is 857 g/mol. The zero-order chi connectivity index (χ0) is 43.2. The molecule has 4 atom stereocenters. The minimum atomic E-state index is -3.20. The van der Waals surface area contributed by atoms with E-state index in [1.807, 2.05) is 119 Å². The second-order valence-corrected chi connectivity index (χ2v) is 22.3. The van der Waals surface area contributed by atoms with Gasteiger partial charge in [-0.1, -0.05) is 60.7 Å². The number of primary amides is 2. The Bertz CT molecular complexity index is 2930. The molecule has 316 valence electrons. The Balaban J connectivity index is 0.000000158. The van der Waals surface area contributed by atoms with Crippen molar-refractivity contribution in [2.24, 2.45) is 11.5 Å². The van der Waals surface area contributed by atoms with E-state index in [0.717, 1.165) is 55.3 Å². The van der Waals surface area contributed by atoms with Crippen LogP contribution in [-0.4, -0.2) is 50.1 Å². The van der Waals surface area contributed by atoms with Crippen molar-refractivity contribution >= 4 is 76.0 Å². The summed E-state index contributed by atoms with van der Waals surface area (Å²) in [7, 11) is -6.40. The number of sulfone groups is 2. The molecule has 0 bridgehead atoms. The predicted molar refractivity (Wildman–Crippen MR) is 250 cm³/mol. The van der Waals surface area contributed by atoms with Crippen molar-refractivity contribution in [1.82, 2.24) is 9.97 Å². The average molecular weight is 901 g/mol. The maximum Gasteiger partial charge on any atom is 0.250 e. The number of H-pyrrole nitrogens is 2. The zero-order valence-corrected chi connectivity index (χ0v) is 36.8. The molecule has 10 nitrogen and oxygen atoms in total. The molecule has 2 fully saturated rings. The summed E-state index contributed by atoms with van der Waals surface area (Å²) in [6.45, 7) is 0. The molecule has 2 aliphatic rings. The molecule has 10 rings (SSSR count). The van der Waals surface area contributed by atoms with E-state index in [-0.39, 0.29) is 23.3 Å². The van der Waals surface area contributed by atoms with E-state index < -0.39 is 42.0 Å². The number of hydrogen-bond acceptors (Lipinski definition) is 8. The molecule has 8 aromatic rings. The predicted octanol–water partition coefficient (Wildman–Crippen LogP) is 10.1. The molecule has 2 amide bonds. The third-order valence-electron chi connectivity index (χ3n) is 12.5. The van der Waals surface area contributed by atoms with Crippen LogP contribution in [0.4, 0.5) is 0 Å². The van der Waals surface area contributed by atoms with Gasteiger partial charge in [0.2, 0.25) is 0 Å². The van der Waals surface area contributed by atoms with Crippen LogP contribution in [0.5, 0.6) is 0 Å². The lowest BCUT2D eigenvalue weighted by atomic mass is 9.88. The zero-order valence-electron chi connectivity index (χ0n) is 33.5. The van der Waals surface area contributed by atoms with Gasteiger partial charge < -0.3 is 21.4 Å². The van der Waals surface area contributed by atoms with E-state index in [4.69, 9.17) is 11.5 Å². The smallest absolute Gasteiger partial charge is 0.250 e. The van der Waals surface area contributed by atoms with E-state index in [1.165, 1.54) is 0 Å². The number of nitrogens with two attached hydrogens (primary N) is 2. The van der Waals surface area contributed by atoms with Gasteiger partial charge in [0.05, 0.1) is 44.2 Å². The van der Waals surface area contributed by atoms with Crippen molar-refractivity contribution in [2.75, 3.05) is 11.5 Å². The van der Waals surface area contributed by atoms with Gasteiger partial charge in [-0.2, -0.15) is 22.7 Å². The number of thiophene rings is 2. The molecular formula is C48H44N4O6S4. The second kappa shape index (κ2) is 16.8. The first-order valence-corrected chi connectivity index (χ1v) is 25.7. The summed E-state index contributed by atoms with van der Waals surface area (Å²) in [5.74, 6) is -0.525. The minimum absolute atomic E-state index is 0.0703. The van der Waals surface area contributed by atoms with Crippen molar-refractivity contribution in [3.05, 3.63) is 164 Å². The molecule has 0 radical (unpaired) electrons. The largest absolute Gasteiger partial charge is 0.366 e. The lowest BCUT2D eigenvalue weighted by molar-refractivity contribution is 0.0993. The average Bonchev–Trinajstić information content (AvgIpc) is 4.12. The summed E-state index contributed by atoms with van der Waals surface area (Å²) in [4.78, 5) is 30.8. The van der Waals surface area contributed by atoms with Gasteiger partial charge in [0.25, 0.3) is 11.8 Å². The number of aromatic nitrogens is 2. The van der Waals surface area contributed by atoms with Crippen molar-refractivity contribution in [3.8, 4) is 22.3 Å². The van der Waals surface area contributed by atoms with Crippen LogP contribution < -0.4 is 11.5 Å². The van der Waals surface area contributed by atoms with E-state index in [0.29, 0.717) is 47.8 Å². The summed E-state index contributed by atoms with van der Waals surface area (Å²) < 4.78 is 51.4. The van der Waals surface area contributed by atoms with E-state index in [2.05, 4.69) is 22.1 Å². The van der Waals surface area contributed by atoms with Gasteiger partial charge in [0, 0.05) is 23.2 Å². The standard InChI is InChI=1S/2C24H22N2O3S2/c2*25-24(27)20-11-18(17-6-8-30-14-17)10-19-21(13-26-23(19)20)16-7-9-31(28,29)22(12-16)15-4-2-1-3-5-15/h2*1-6,8,10-11,13-14,16,22,26H,7,9,12H2,(H2,25,27)/t2*16-,22+/m10/s1. The Morgan fingerprint density at radius 1 is 0.548 bits per heavy atom. The minimum Gasteiger partial charge on any atom is -0.366 e. The fourth-order valence-corrected chi connectivity index (χ4v) is 14.6. The lowest BCUT2D eigenvalue weighted by Gasteiger charge is -2.29. The van der Waals surface area contributed by atoms with Gasteiger partial charge in [-0.25, -0.2) is 16.8 Å². The SMILES string of the molecule is NC(=O)c1cc(-c2ccsc2)cc2c([C@@H]3CCS(=O)(=O)[C@H](c4ccccc4)C3)c[nH]c12.NC(=O)c1cc(-c2ccsc2)cc2c([C@H]3CCS(=O)(=O)[C@@H](c4ccccc4)C3)c[nH]c12. The summed E-state index contributed by atoms with van der Waals surface area (Å²) >= 11 is 3.19. The quantitative estimate of drug-likeness (QED) is 0.118. The Morgan fingerprint density at radius 2 is 0.952 bits per heavy atom. The molecule has 0 spiro atoms. The Kier molecular flexibility index (Phi) is 11.3. The van der Waals surface area contributed by atoms with E-state index in [1.54, 1.807) is 22.7 Å². The van der Waals surface area contributed by atoms with Crippen LogP contribution in [0.3, 0.4) is 0 Å². The number of aromatic amines is 2. The molecule has 0 saturated carbocycles. The third kappa shape index (κ3) is 8.03. The molecule has 4 aromatic heterocycles. The maximum absolute atomic E-state index is 12.8. The normalized spacial score (nSPS) is 20.6. The van der Waals surface area contributed by atoms with Gasteiger partial charge in [-0.05, 0) is 140 Å². The van der Waals surface area contributed by atoms with Crippen LogP contribution in [0.15, 0.2) is 131 Å². The Labute approximate surface area is 367 Å². The van der Waals surface area contributed by atoms with Crippen molar-refractivity contribution in [3.63, 3.8) is 0 Å². The van der Waals surface area contributed by atoms with Crippen LogP contribution in [0.1, 0.15) is 91.0 Å². The fourth-order valence-electron chi connectivity index (χ4n) is 9.29. The van der Waals surface area contributed by atoms with Gasteiger partial charge >= 0.3 is 0 Å². The first-order valence-electron chi connectivity index (χ1n) is 20.4. The summed E-state index contributed by atoms with van der Waals surface area (Å²) in [6.07, 6.45) is 6.00. The van der Waals surface area contributed by atoms with E-state index in [9.17, 15) is 26.4 Å². The summed E-state index contributed by atoms with van der Waals surface area (Å²) in [6, 6.07) is 30.7. The van der Waals surface area contributed by atoms with Crippen molar-refractivity contribution in [1.29, 1.82) is 0 Å². The molecule has 0 unspecified atom stereocenters. The van der Waals surface area contributed by atoms with Crippen LogP contribution in [0.2, 0.25) is 0 Å². The van der Waals surface area contributed by atoms with Crippen molar-refractivity contribution < 1.29 is 26.4 Å². The highest BCUT2D eigenvalue weighted by atomic mass is 32.2. The number of hydrogen-bond donors (Lipinski definition) is 4. The monoisotopic (exact) mass is 900 g/mol. The Hall–Kier alpha value is -5.80.